The highest BCUT2D eigenvalue weighted by Crippen LogP contribution is 2.16. The molecule has 1 aliphatic rings. The number of benzene rings is 2. The van der Waals surface area contributed by atoms with Crippen molar-refractivity contribution in [2.24, 2.45) is 0 Å². The molecule has 0 spiro atoms. The van der Waals surface area contributed by atoms with Gasteiger partial charge in [-0.3, -0.25) is 0 Å². The van der Waals surface area contributed by atoms with Crippen LogP contribution in [0.4, 0.5) is 5.69 Å². The van der Waals surface area contributed by atoms with E-state index >= 15 is 0 Å². The predicted octanol–water partition coefficient (Wildman–Crippen LogP) is 2.43. The third kappa shape index (κ3) is 5.70. The van der Waals surface area contributed by atoms with Crippen LogP contribution in [0.5, 0.6) is 5.75 Å². The largest absolute Gasteiger partial charge is 0.488 e. The molecule has 4 nitrogen and oxygen atoms in total. The highest BCUT2D eigenvalue weighted by atomic mass is 79.9. The van der Waals surface area contributed by atoms with Gasteiger partial charge in [0, 0.05) is 10.2 Å². The Morgan fingerprint density at radius 2 is 1.88 bits per heavy atom. The Morgan fingerprint density at radius 3 is 2.60 bits per heavy atom. The topological polar surface area (TPSA) is 28.9 Å². The molecule has 6 heteroatoms. The number of quaternary nitrogens is 1. The van der Waals surface area contributed by atoms with Crippen molar-refractivity contribution in [2.45, 2.75) is 0 Å². The second-order valence-electron chi connectivity index (χ2n) is 6.09. The van der Waals surface area contributed by atoms with Gasteiger partial charge in [0.1, 0.15) is 18.9 Å². The molecule has 0 atom stereocenters. The minimum absolute atomic E-state index is 0.750. The lowest BCUT2D eigenvalue weighted by Gasteiger charge is -2.33. The smallest absolute Gasteiger partial charge is 0.173 e. The summed E-state index contributed by atoms with van der Waals surface area (Å²) in [5, 5.41) is 4.13. The van der Waals surface area contributed by atoms with E-state index in [4.69, 9.17) is 17.0 Å². The first-order chi connectivity index (χ1) is 12.2. The molecule has 2 aromatic rings. The monoisotopic (exact) mass is 420 g/mol. The van der Waals surface area contributed by atoms with Gasteiger partial charge in [-0.25, -0.2) is 0 Å². The Kier molecular flexibility index (Phi) is 6.67. The fourth-order valence-electron chi connectivity index (χ4n) is 2.87. The first-order valence-electron chi connectivity index (χ1n) is 8.53. The van der Waals surface area contributed by atoms with Crippen LogP contribution in [0.1, 0.15) is 0 Å². The first kappa shape index (κ1) is 18.2. The third-order valence-corrected chi connectivity index (χ3v) is 5.15. The van der Waals surface area contributed by atoms with E-state index in [0.717, 1.165) is 60.4 Å². The maximum Gasteiger partial charge on any atom is 0.173 e. The minimum atomic E-state index is 0.750. The van der Waals surface area contributed by atoms with Gasteiger partial charge in [-0.05, 0) is 42.5 Å². The van der Waals surface area contributed by atoms with Gasteiger partial charge in [-0.15, -0.1) is 0 Å². The maximum absolute atomic E-state index is 5.80. The van der Waals surface area contributed by atoms with E-state index in [2.05, 4.69) is 26.1 Å². The van der Waals surface area contributed by atoms with Gasteiger partial charge >= 0.3 is 0 Å². The van der Waals surface area contributed by atoms with Crippen molar-refractivity contribution >= 4 is 38.9 Å². The summed E-state index contributed by atoms with van der Waals surface area (Å²) < 4.78 is 6.85. The van der Waals surface area contributed by atoms with E-state index < -0.39 is 0 Å². The molecule has 1 aliphatic heterocycles. The summed E-state index contributed by atoms with van der Waals surface area (Å²) in [5.74, 6) is 0.944. The quantitative estimate of drug-likeness (QED) is 0.726. The highest BCUT2D eigenvalue weighted by Gasteiger charge is 2.21. The van der Waals surface area contributed by atoms with Crippen molar-refractivity contribution in [3.8, 4) is 5.75 Å². The summed E-state index contributed by atoms with van der Waals surface area (Å²) in [6, 6.07) is 18.1. The molecule has 0 amide bonds. The zero-order valence-corrected chi connectivity index (χ0v) is 16.5. The molecule has 2 N–H and O–H groups in total. The molecule has 25 heavy (non-hydrogen) atoms. The lowest BCUT2D eigenvalue weighted by Crippen LogP contribution is -3.15. The van der Waals surface area contributed by atoms with Crippen LogP contribution in [0.15, 0.2) is 59.1 Å². The molecular formula is C19H23BrN3OS+. The number of halogens is 1. The van der Waals surface area contributed by atoms with Crippen molar-refractivity contribution in [1.82, 2.24) is 4.90 Å². The van der Waals surface area contributed by atoms with Crippen LogP contribution in [-0.4, -0.2) is 49.3 Å². The van der Waals surface area contributed by atoms with E-state index in [0.29, 0.717) is 0 Å². The van der Waals surface area contributed by atoms with Gasteiger partial charge < -0.3 is 19.9 Å². The van der Waals surface area contributed by atoms with Crippen molar-refractivity contribution < 1.29 is 9.64 Å². The molecule has 2 aromatic carbocycles. The fraction of sp³-hybridized carbons (Fsp3) is 0.316. The molecule has 1 saturated heterocycles. The summed E-state index contributed by atoms with van der Waals surface area (Å²) in [7, 11) is 0. The van der Waals surface area contributed by atoms with Gasteiger partial charge in [0.2, 0.25) is 0 Å². The molecule has 0 aliphatic carbocycles. The van der Waals surface area contributed by atoms with Crippen molar-refractivity contribution in [2.75, 3.05) is 44.6 Å². The van der Waals surface area contributed by atoms with Crippen LogP contribution in [0, 0.1) is 0 Å². The van der Waals surface area contributed by atoms with Gasteiger partial charge in [-0.1, -0.05) is 40.2 Å². The van der Waals surface area contributed by atoms with E-state index in [-0.39, 0.29) is 0 Å². The molecule has 1 fully saturated rings. The first-order valence-corrected chi connectivity index (χ1v) is 9.74. The Hall–Kier alpha value is -1.63. The second-order valence-corrected chi connectivity index (χ2v) is 7.39. The number of hydrogen-bond donors (Lipinski definition) is 2. The average Bonchev–Trinajstić information content (AvgIpc) is 2.63. The van der Waals surface area contributed by atoms with Crippen LogP contribution in [0.3, 0.4) is 0 Å². The molecule has 132 valence electrons. The number of anilines is 1. The number of nitrogens with one attached hydrogen (secondary N) is 2. The predicted molar refractivity (Wildman–Crippen MR) is 109 cm³/mol. The molecule has 0 unspecified atom stereocenters. The number of para-hydroxylation sites is 1. The summed E-state index contributed by atoms with van der Waals surface area (Å²) in [5.41, 5.74) is 1.02. The Morgan fingerprint density at radius 1 is 1.12 bits per heavy atom. The number of thiocarbonyl (C=S) groups is 1. The second kappa shape index (κ2) is 9.17. The third-order valence-electron chi connectivity index (χ3n) is 4.30. The number of piperazine rings is 1. The highest BCUT2D eigenvalue weighted by molar-refractivity contribution is 9.10. The standard InChI is InChI=1S/C19H22BrN3OS/c20-16-5-4-6-17(15-16)21-19(25)23-11-9-22(10-12-23)13-14-24-18-7-2-1-3-8-18/h1-8,15H,9-14H2,(H,21,25)/p+1. The summed E-state index contributed by atoms with van der Waals surface area (Å²) in [4.78, 5) is 3.81. The van der Waals surface area contributed by atoms with E-state index in [1.165, 1.54) is 0 Å². The summed E-state index contributed by atoms with van der Waals surface area (Å²) in [6.45, 7) is 5.88. The lowest BCUT2D eigenvalue weighted by atomic mass is 10.3. The van der Waals surface area contributed by atoms with Gasteiger partial charge in [0.05, 0.1) is 26.2 Å². The number of hydrogen-bond acceptors (Lipinski definition) is 2. The molecule has 0 bridgehead atoms. The van der Waals surface area contributed by atoms with Crippen LogP contribution < -0.4 is 15.0 Å². The molecule has 0 saturated carbocycles. The fourth-order valence-corrected chi connectivity index (χ4v) is 3.57. The van der Waals surface area contributed by atoms with Crippen molar-refractivity contribution in [3.05, 3.63) is 59.1 Å². The molecule has 0 radical (unpaired) electrons. The molecule has 0 aromatic heterocycles. The normalized spacial score (nSPS) is 15.0. The van der Waals surface area contributed by atoms with Crippen molar-refractivity contribution in [1.29, 1.82) is 0 Å². The van der Waals surface area contributed by atoms with Crippen LogP contribution in [0.2, 0.25) is 0 Å². The van der Waals surface area contributed by atoms with Crippen LogP contribution in [-0.2, 0) is 0 Å². The molecule has 3 rings (SSSR count). The maximum atomic E-state index is 5.80. The van der Waals surface area contributed by atoms with Gasteiger partial charge in [-0.2, -0.15) is 0 Å². The zero-order chi connectivity index (χ0) is 17.5. The molecular weight excluding hydrogens is 398 g/mol. The minimum Gasteiger partial charge on any atom is -0.488 e. The number of ether oxygens (including phenoxy) is 1. The van der Waals surface area contributed by atoms with Crippen LogP contribution >= 0.6 is 28.1 Å². The zero-order valence-electron chi connectivity index (χ0n) is 14.1. The number of nitrogens with zero attached hydrogens (tertiary/aromatic N) is 1. The molecule has 1 heterocycles. The van der Waals surface area contributed by atoms with Gasteiger partial charge in [0.25, 0.3) is 0 Å². The van der Waals surface area contributed by atoms with Crippen molar-refractivity contribution in [3.63, 3.8) is 0 Å². The Labute approximate surface area is 162 Å². The summed E-state index contributed by atoms with van der Waals surface area (Å²) in [6.07, 6.45) is 0. The van der Waals surface area contributed by atoms with E-state index in [1.807, 2.05) is 54.6 Å². The van der Waals surface area contributed by atoms with E-state index in [9.17, 15) is 0 Å². The SMILES string of the molecule is S=C(Nc1cccc(Br)c1)N1CC[NH+](CCOc2ccccc2)CC1. The lowest BCUT2D eigenvalue weighted by molar-refractivity contribution is -0.903. The summed E-state index contributed by atoms with van der Waals surface area (Å²) >= 11 is 9.04. The number of rotatable bonds is 5. The van der Waals surface area contributed by atoms with E-state index in [1.54, 1.807) is 4.90 Å². The Balaban J connectivity index is 1.38. The van der Waals surface area contributed by atoms with Gasteiger partial charge in [0.15, 0.2) is 5.11 Å². The van der Waals surface area contributed by atoms with Crippen LogP contribution in [0.25, 0.3) is 0 Å². The average molecular weight is 421 g/mol. The Bertz CT molecular complexity index is 690.